The molecule has 36 heavy (non-hydrogen) atoms. The minimum atomic E-state index is -0.192. The van der Waals surface area contributed by atoms with Crippen molar-refractivity contribution < 1.29 is 14.3 Å². The second kappa shape index (κ2) is 9.00. The van der Waals surface area contributed by atoms with Gasteiger partial charge in [-0.2, -0.15) is 0 Å². The molecular formula is C28H35N5O3. The summed E-state index contributed by atoms with van der Waals surface area (Å²) in [6.07, 6.45) is 4.86. The predicted octanol–water partition coefficient (Wildman–Crippen LogP) is 4.74. The molecule has 0 radical (unpaired) electrons. The van der Waals surface area contributed by atoms with E-state index in [1.807, 2.05) is 28.8 Å². The summed E-state index contributed by atoms with van der Waals surface area (Å²) in [6.45, 7) is 10.1. The third-order valence-corrected chi connectivity index (χ3v) is 7.48. The van der Waals surface area contributed by atoms with E-state index in [1.54, 1.807) is 19.4 Å². The van der Waals surface area contributed by atoms with Crippen LogP contribution in [0.2, 0.25) is 0 Å². The summed E-state index contributed by atoms with van der Waals surface area (Å²) in [4.78, 5) is 37.7. The van der Waals surface area contributed by atoms with Crippen LogP contribution in [0.1, 0.15) is 57.3 Å². The lowest BCUT2D eigenvalue weighted by Crippen LogP contribution is -2.38. The molecule has 2 fully saturated rings. The lowest BCUT2D eigenvalue weighted by molar-refractivity contribution is -0.114. The fraction of sp³-hybridized carbons (Fsp3) is 0.500. The number of likely N-dealkylation sites (tertiary alicyclic amines) is 1. The SMILES string of the molecule is COCCn1c(-c2ccccn2)nc2cc(NC(C)=O)cc(C(=O)N3C[C@@]4(C)C[C@H]3CC(C)(C)C4)c21. The van der Waals surface area contributed by atoms with E-state index >= 15 is 0 Å². The number of pyridine rings is 1. The molecule has 3 heterocycles. The number of hydrogen-bond donors (Lipinski definition) is 1. The molecule has 1 aliphatic carbocycles. The van der Waals surface area contributed by atoms with Crippen molar-refractivity contribution in [3.8, 4) is 11.5 Å². The van der Waals surface area contributed by atoms with Crippen molar-refractivity contribution in [1.82, 2.24) is 19.4 Å². The molecule has 0 unspecified atom stereocenters. The van der Waals surface area contributed by atoms with Gasteiger partial charge in [0, 0.05) is 45.0 Å². The van der Waals surface area contributed by atoms with Crippen LogP contribution in [-0.2, 0) is 16.1 Å². The van der Waals surface area contributed by atoms with Crippen molar-refractivity contribution in [2.24, 2.45) is 10.8 Å². The van der Waals surface area contributed by atoms with E-state index in [0.717, 1.165) is 37.0 Å². The van der Waals surface area contributed by atoms with Crippen LogP contribution in [-0.4, -0.2) is 57.6 Å². The van der Waals surface area contributed by atoms with Crippen LogP contribution in [0.5, 0.6) is 0 Å². The molecule has 1 saturated carbocycles. The molecule has 2 atom stereocenters. The fourth-order valence-electron chi connectivity index (χ4n) is 6.65. The topological polar surface area (TPSA) is 89.3 Å². The van der Waals surface area contributed by atoms with Crippen molar-refractivity contribution in [1.29, 1.82) is 0 Å². The van der Waals surface area contributed by atoms with E-state index in [2.05, 4.69) is 36.0 Å². The Kier molecular flexibility index (Phi) is 6.11. The molecule has 1 N–H and O–H groups in total. The largest absolute Gasteiger partial charge is 0.383 e. The minimum absolute atomic E-state index is 0.00948. The van der Waals surface area contributed by atoms with Crippen molar-refractivity contribution >= 4 is 28.5 Å². The molecule has 8 heteroatoms. The number of rotatable bonds is 6. The summed E-state index contributed by atoms with van der Waals surface area (Å²) in [5.74, 6) is 0.470. The van der Waals surface area contributed by atoms with Crippen LogP contribution in [0.3, 0.4) is 0 Å². The van der Waals surface area contributed by atoms with Gasteiger partial charge in [-0.3, -0.25) is 14.6 Å². The van der Waals surface area contributed by atoms with Gasteiger partial charge in [0.15, 0.2) is 5.82 Å². The summed E-state index contributed by atoms with van der Waals surface area (Å²) in [7, 11) is 1.66. The number of carbonyl (C=O) groups excluding carboxylic acids is 2. The zero-order chi connectivity index (χ0) is 25.7. The van der Waals surface area contributed by atoms with Gasteiger partial charge in [-0.1, -0.05) is 26.8 Å². The summed E-state index contributed by atoms with van der Waals surface area (Å²) in [5.41, 5.74) is 3.55. The predicted molar refractivity (Wildman–Crippen MR) is 140 cm³/mol. The Morgan fingerprint density at radius 3 is 2.69 bits per heavy atom. The molecule has 8 nitrogen and oxygen atoms in total. The Hall–Kier alpha value is -3.26. The number of aromatic nitrogens is 3. The third kappa shape index (κ3) is 4.50. The normalized spacial score (nSPS) is 22.7. The first kappa shape index (κ1) is 24.4. The quantitative estimate of drug-likeness (QED) is 0.540. The Bertz CT molecular complexity index is 1320. The number of fused-ring (bicyclic) bond motifs is 3. The van der Waals surface area contributed by atoms with E-state index in [-0.39, 0.29) is 28.7 Å². The first-order chi connectivity index (χ1) is 17.1. The highest BCUT2D eigenvalue weighted by molar-refractivity contribution is 6.08. The van der Waals surface area contributed by atoms with Crippen LogP contribution in [0.15, 0.2) is 36.5 Å². The number of nitrogens with zero attached hydrogens (tertiary/aromatic N) is 4. The third-order valence-electron chi connectivity index (χ3n) is 7.48. The van der Waals surface area contributed by atoms with Gasteiger partial charge in [-0.25, -0.2) is 4.98 Å². The Balaban J connectivity index is 1.68. The molecule has 1 aliphatic heterocycles. The van der Waals surface area contributed by atoms with Gasteiger partial charge in [-0.15, -0.1) is 0 Å². The highest BCUT2D eigenvalue weighted by Crippen LogP contribution is 2.53. The minimum Gasteiger partial charge on any atom is -0.383 e. The fourth-order valence-corrected chi connectivity index (χ4v) is 6.65. The molecule has 5 rings (SSSR count). The average Bonchev–Trinajstić information content (AvgIpc) is 3.29. The summed E-state index contributed by atoms with van der Waals surface area (Å²) < 4.78 is 7.43. The molecular weight excluding hydrogens is 454 g/mol. The zero-order valence-corrected chi connectivity index (χ0v) is 21.8. The molecule has 2 aliphatic rings. The lowest BCUT2D eigenvalue weighted by atomic mass is 9.65. The number of imidazole rings is 1. The molecule has 1 aromatic carbocycles. The smallest absolute Gasteiger partial charge is 0.256 e. The zero-order valence-electron chi connectivity index (χ0n) is 21.8. The van der Waals surface area contributed by atoms with Gasteiger partial charge in [-0.05, 0) is 54.4 Å². The van der Waals surface area contributed by atoms with Gasteiger partial charge in [0.1, 0.15) is 5.69 Å². The molecule has 2 bridgehead atoms. The number of anilines is 1. The van der Waals surface area contributed by atoms with E-state index in [1.165, 1.54) is 6.92 Å². The van der Waals surface area contributed by atoms with Crippen molar-refractivity contribution in [2.45, 2.75) is 59.5 Å². The van der Waals surface area contributed by atoms with Crippen LogP contribution >= 0.6 is 0 Å². The number of ether oxygens (including phenoxy) is 1. The molecule has 1 saturated heterocycles. The second-order valence-corrected chi connectivity index (χ2v) is 11.5. The van der Waals surface area contributed by atoms with Crippen LogP contribution in [0.4, 0.5) is 5.69 Å². The highest BCUT2D eigenvalue weighted by Gasteiger charge is 2.51. The van der Waals surface area contributed by atoms with Crippen molar-refractivity contribution in [2.75, 3.05) is 25.6 Å². The van der Waals surface area contributed by atoms with Gasteiger partial charge in [0.25, 0.3) is 5.91 Å². The number of carbonyl (C=O) groups is 2. The average molecular weight is 490 g/mol. The Morgan fingerprint density at radius 2 is 2.00 bits per heavy atom. The lowest BCUT2D eigenvalue weighted by Gasteiger charge is -2.39. The number of nitrogens with one attached hydrogen (secondary N) is 1. The van der Waals surface area contributed by atoms with Gasteiger partial charge in [0.05, 0.1) is 23.2 Å². The standard InChI is InChI=1S/C28H35N5O3/c1-18(34)30-19-12-21(26(35)33-17-28(4)15-20(33)14-27(2,3)16-28)24-23(13-19)31-25(32(24)10-11-36-5)22-8-6-7-9-29-22/h6-9,12-13,20H,10-11,14-17H2,1-5H3,(H,30,34)/t20-,28+/m1/s1. The summed E-state index contributed by atoms with van der Waals surface area (Å²) in [5, 5.41) is 2.86. The molecule has 2 aromatic heterocycles. The Labute approximate surface area is 212 Å². The maximum atomic E-state index is 14.3. The van der Waals surface area contributed by atoms with Crippen LogP contribution in [0, 0.1) is 10.8 Å². The number of hydrogen-bond acceptors (Lipinski definition) is 5. The first-order valence-electron chi connectivity index (χ1n) is 12.6. The second-order valence-electron chi connectivity index (χ2n) is 11.5. The molecule has 0 spiro atoms. The van der Waals surface area contributed by atoms with Gasteiger partial charge in [0.2, 0.25) is 5.91 Å². The number of methoxy groups -OCH3 is 1. The highest BCUT2D eigenvalue weighted by atomic mass is 16.5. The van der Waals surface area contributed by atoms with E-state index in [4.69, 9.17) is 9.72 Å². The molecule has 3 aromatic rings. The summed E-state index contributed by atoms with van der Waals surface area (Å²) >= 11 is 0. The number of benzene rings is 1. The van der Waals surface area contributed by atoms with E-state index < -0.39 is 0 Å². The molecule has 190 valence electrons. The van der Waals surface area contributed by atoms with Gasteiger partial charge >= 0.3 is 0 Å². The monoisotopic (exact) mass is 489 g/mol. The first-order valence-corrected chi connectivity index (χ1v) is 12.6. The summed E-state index contributed by atoms with van der Waals surface area (Å²) in [6, 6.07) is 9.53. The Morgan fingerprint density at radius 1 is 1.19 bits per heavy atom. The van der Waals surface area contributed by atoms with Crippen molar-refractivity contribution in [3.63, 3.8) is 0 Å². The number of amides is 2. The van der Waals surface area contributed by atoms with Gasteiger partial charge < -0.3 is 19.5 Å². The van der Waals surface area contributed by atoms with E-state index in [9.17, 15) is 9.59 Å². The van der Waals surface area contributed by atoms with Crippen LogP contribution < -0.4 is 5.32 Å². The van der Waals surface area contributed by atoms with Crippen LogP contribution in [0.25, 0.3) is 22.6 Å². The molecule has 2 amide bonds. The van der Waals surface area contributed by atoms with Crippen molar-refractivity contribution in [3.05, 3.63) is 42.1 Å². The maximum Gasteiger partial charge on any atom is 0.256 e. The van der Waals surface area contributed by atoms with E-state index in [0.29, 0.717) is 35.7 Å². The maximum absolute atomic E-state index is 14.3.